The van der Waals surface area contributed by atoms with Gasteiger partial charge in [-0.2, -0.15) is 0 Å². The molecule has 5 rings (SSSR count). The van der Waals surface area contributed by atoms with E-state index in [9.17, 15) is 28.8 Å². The first-order valence-electron chi connectivity index (χ1n) is 17.6. The summed E-state index contributed by atoms with van der Waals surface area (Å²) >= 11 is 0. The van der Waals surface area contributed by atoms with Gasteiger partial charge in [-0.25, -0.2) is 19.2 Å². The summed E-state index contributed by atoms with van der Waals surface area (Å²) in [7, 11) is 0. The number of rotatable bonds is 8. The lowest BCUT2D eigenvalue weighted by atomic mass is 9.75. The zero-order valence-corrected chi connectivity index (χ0v) is 31.2. The van der Waals surface area contributed by atoms with E-state index in [1.165, 1.54) is 9.80 Å². The van der Waals surface area contributed by atoms with Gasteiger partial charge in [0.15, 0.2) is 24.8 Å². The highest BCUT2D eigenvalue weighted by Gasteiger charge is 2.40. The first kappa shape index (κ1) is 38.3. The molecule has 13 heteroatoms. The molecule has 0 N–H and O–H groups in total. The highest BCUT2D eigenvalue weighted by molar-refractivity contribution is 6.00. The maximum atomic E-state index is 13.2. The van der Waals surface area contributed by atoms with Gasteiger partial charge in [-0.15, -0.1) is 0 Å². The third kappa shape index (κ3) is 8.56. The van der Waals surface area contributed by atoms with Gasteiger partial charge in [0, 0.05) is 40.8 Å². The molecule has 52 heavy (non-hydrogen) atoms. The van der Waals surface area contributed by atoms with Gasteiger partial charge in [-0.05, 0) is 91.5 Å². The van der Waals surface area contributed by atoms with Crippen LogP contribution in [0.5, 0.6) is 11.5 Å². The van der Waals surface area contributed by atoms with Crippen molar-refractivity contribution in [2.45, 2.75) is 110 Å². The third-order valence-corrected chi connectivity index (χ3v) is 9.17. The molecule has 3 heterocycles. The predicted molar refractivity (Wildman–Crippen MR) is 188 cm³/mol. The molecule has 2 aromatic rings. The number of fused-ring (bicyclic) bond motifs is 2. The van der Waals surface area contributed by atoms with E-state index in [0.717, 1.165) is 11.1 Å². The average molecular weight is 721 g/mol. The largest absolute Gasteiger partial charge is 0.457 e. The fraction of sp³-hybridized carbons (Fsp3) is 0.538. The summed E-state index contributed by atoms with van der Waals surface area (Å²) < 4.78 is 27.8. The van der Waals surface area contributed by atoms with Crippen LogP contribution in [0.15, 0.2) is 36.4 Å². The molecule has 3 aliphatic rings. The molecule has 0 aliphatic carbocycles. The number of benzene rings is 2. The number of hydrogen-bond acceptors (Lipinski definition) is 11. The molecule has 2 atom stereocenters. The van der Waals surface area contributed by atoms with Crippen molar-refractivity contribution in [2.75, 3.05) is 26.3 Å². The number of hydrogen-bond donors (Lipinski definition) is 0. The first-order valence-corrected chi connectivity index (χ1v) is 17.6. The van der Waals surface area contributed by atoms with E-state index in [0.29, 0.717) is 55.8 Å². The Balaban J connectivity index is 1.20. The molecule has 0 radical (unpaired) electrons. The van der Waals surface area contributed by atoms with Crippen molar-refractivity contribution in [3.63, 3.8) is 0 Å². The molecule has 0 spiro atoms. The fourth-order valence-electron chi connectivity index (χ4n) is 6.58. The Morgan fingerprint density at radius 3 is 1.62 bits per heavy atom. The van der Waals surface area contributed by atoms with Crippen molar-refractivity contribution < 1.29 is 52.5 Å². The Bertz CT molecular complexity index is 1770. The lowest BCUT2D eigenvalue weighted by Crippen LogP contribution is -2.44. The van der Waals surface area contributed by atoms with Crippen molar-refractivity contribution >= 4 is 35.7 Å². The summed E-state index contributed by atoms with van der Waals surface area (Å²) in [5.74, 6) is -1.24. The van der Waals surface area contributed by atoms with Crippen LogP contribution >= 0.6 is 0 Å². The third-order valence-electron chi connectivity index (χ3n) is 9.17. The number of carbonyl (C=O) groups excluding carboxylic acids is 6. The standard InChI is InChI=1S/C39H48N2O11/c1-37(2,3)51-35(46)40-17-9-11-27(40)33(44)48-21-29(42)23-14-16-31-26(19-23)39(7,8)25-15-13-24(20-32(25)50-31)30(43)22-49-34(45)28-12-10-18-41(28)36(47)52-38(4,5)6/h13-16,19-20,27-28H,9-12,17-18,21-22H2,1-8H3. The number of ether oxygens (including phenoxy) is 5. The molecule has 3 aliphatic heterocycles. The summed E-state index contributed by atoms with van der Waals surface area (Å²) in [6, 6.07) is 8.30. The Kier molecular flexibility index (Phi) is 10.7. The molecule has 2 saturated heterocycles. The second-order valence-corrected chi connectivity index (χ2v) is 15.9. The summed E-state index contributed by atoms with van der Waals surface area (Å²) in [4.78, 5) is 80.0. The highest BCUT2D eigenvalue weighted by Crippen LogP contribution is 2.48. The van der Waals surface area contributed by atoms with Gasteiger partial charge < -0.3 is 23.7 Å². The molecule has 0 aromatic heterocycles. The van der Waals surface area contributed by atoms with E-state index in [1.807, 2.05) is 13.8 Å². The smallest absolute Gasteiger partial charge is 0.411 e. The number of likely N-dealkylation sites (tertiary alicyclic amines) is 2. The summed E-state index contributed by atoms with van der Waals surface area (Å²) in [5.41, 5.74) is 0.0276. The van der Waals surface area contributed by atoms with Gasteiger partial charge in [-0.1, -0.05) is 26.0 Å². The molecule has 2 fully saturated rings. The SMILES string of the molecule is CC(C)(C)OC(=O)N1CCCC1C(=O)OCC(=O)c1ccc2c(c1)Oc1ccc(C(=O)COC(=O)C3CCCN3C(=O)OC(C)(C)C)cc1C2(C)C. The number of nitrogens with zero attached hydrogens (tertiary/aromatic N) is 2. The van der Waals surface area contributed by atoms with Crippen LogP contribution in [-0.2, 0) is 34.0 Å². The number of ketones is 2. The fourth-order valence-corrected chi connectivity index (χ4v) is 6.58. The first-order chi connectivity index (χ1) is 24.2. The molecule has 280 valence electrons. The van der Waals surface area contributed by atoms with E-state index in [4.69, 9.17) is 23.7 Å². The Labute approximate surface area is 303 Å². The molecular weight excluding hydrogens is 672 g/mol. The predicted octanol–water partition coefficient (Wildman–Crippen LogP) is 6.37. The number of esters is 2. The Hall–Kier alpha value is -4.94. The van der Waals surface area contributed by atoms with Gasteiger partial charge in [0.05, 0.1) is 0 Å². The van der Waals surface area contributed by atoms with E-state index in [1.54, 1.807) is 77.9 Å². The van der Waals surface area contributed by atoms with Crippen molar-refractivity contribution in [2.24, 2.45) is 0 Å². The second kappa shape index (κ2) is 14.6. The highest BCUT2D eigenvalue weighted by atomic mass is 16.6. The molecule has 13 nitrogen and oxygen atoms in total. The maximum absolute atomic E-state index is 13.2. The van der Waals surface area contributed by atoms with Gasteiger partial charge in [0.1, 0.15) is 34.8 Å². The van der Waals surface area contributed by atoms with Gasteiger partial charge in [0.2, 0.25) is 0 Å². The van der Waals surface area contributed by atoms with Crippen LogP contribution in [0.1, 0.15) is 113 Å². The van der Waals surface area contributed by atoms with Gasteiger partial charge in [-0.3, -0.25) is 19.4 Å². The zero-order valence-electron chi connectivity index (χ0n) is 31.2. The molecule has 2 unspecified atom stereocenters. The van der Waals surface area contributed by atoms with E-state index in [-0.39, 0.29) is 5.56 Å². The summed E-state index contributed by atoms with van der Waals surface area (Å²) in [6.07, 6.45) is 0.883. The summed E-state index contributed by atoms with van der Waals surface area (Å²) in [6.45, 7) is 14.1. The minimum absolute atomic E-state index is 0.280. The molecule has 2 aromatic carbocycles. The second-order valence-electron chi connectivity index (χ2n) is 15.9. The summed E-state index contributed by atoms with van der Waals surface area (Å²) in [5, 5.41) is 0. The van der Waals surface area contributed by atoms with Crippen LogP contribution in [0, 0.1) is 0 Å². The number of Topliss-reactive ketones (excluding diaryl/α,β-unsaturated/α-hetero) is 2. The minimum atomic E-state index is -0.822. The number of amides is 2. The Morgan fingerprint density at radius 1 is 0.673 bits per heavy atom. The zero-order chi connectivity index (χ0) is 38.2. The van der Waals surface area contributed by atoms with Gasteiger partial charge >= 0.3 is 24.1 Å². The number of carbonyl (C=O) groups is 6. The normalized spacial score (nSPS) is 19.2. The topological polar surface area (TPSA) is 155 Å². The van der Waals surface area contributed by atoms with Gasteiger partial charge in [0.25, 0.3) is 0 Å². The maximum Gasteiger partial charge on any atom is 0.411 e. The monoisotopic (exact) mass is 720 g/mol. The van der Waals surface area contributed by atoms with Crippen molar-refractivity contribution in [1.29, 1.82) is 0 Å². The van der Waals surface area contributed by atoms with Crippen molar-refractivity contribution in [1.82, 2.24) is 9.80 Å². The van der Waals surface area contributed by atoms with E-state index in [2.05, 4.69) is 0 Å². The average Bonchev–Trinajstić information content (AvgIpc) is 3.75. The minimum Gasteiger partial charge on any atom is -0.457 e. The lowest BCUT2D eigenvalue weighted by Gasteiger charge is -2.35. The van der Waals surface area contributed by atoms with Crippen molar-refractivity contribution in [3.8, 4) is 11.5 Å². The van der Waals surface area contributed by atoms with Crippen molar-refractivity contribution in [3.05, 3.63) is 58.7 Å². The van der Waals surface area contributed by atoms with E-state index >= 15 is 0 Å². The molecule has 0 saturated carbocycles. The quantitative estimate of drug-likeness (QED) is 0.170. The van der Waals surface area contributed by atoms with Crippen LogP contribution < -0.4 is 4.74 Å². The molecule has 2 amide bonds. The van der Waals surface area contributed by atoms with Crippen LogP contribution in [0.25, 0.3) is 0 Å². The molecular formula is C39H48N2O11. The van der Waals surface area contributed by atoms with Crippen LogP contribution in [0.3, 0.4) is 0 Å². The lowest BCUT2D eigenvalue weighted by molar-refractivity contribution is -0.148. The van der Waals surface area contributed by atoms with E-state index < -0.39 is 77.6 Å². The van der Waals surface area contributed by atoms with Crippen LogP contribution in [-0.4, -0.2) is 95.1 Å². The van der Waals surface area contributed by atoms with Crippen LogP contribution in [0.2, 0.25) is 0 Å². The van der Waals surface area contributed by atoms with Crippen LogP contribution in [0.4, 0.5) is 9.59 Å². The Morgan fingerprint density at radius 2 is 1.13 bits per heavy atom. The molecule has 0 bridgehead atoms.